The van der Waals surface area contributed by atoms with Crippen molar-refractivity contribution in [3.63, 3.8) is 0 Å². The lowest BCUT2D eigenvalue weighted by molar-refractivity contribution is -0.906. The lowest BCUT2D eigenvalue weighted by Crippen LogP contribution is -3.13. The number of piperidine rings is 1. The van der Waals surface area contributed by atoms with Gasteiger partial charge in [0.05, 0.1) is 33.4 Å². The fraction of sp³-hybridized carbons (Fsp3) is 0.619. The molecular weight excluding hydrogens is 298 g/mol. The van der Waals surface area contributed by atoms with Gasteiger partial charge in [-0.05, 0) is 62.1 Å². The van der Waals surface area contributed by atoms with Crippen LogP contribution in [0.1, 0.15) is 44.6 Å². The Morgan fingerprint density at radius 3 is 2.67 bits per heavy atom. The Labute approximate surface area is 147 Å². The molecule has 0 aliphatic carbocycles. The second-order valence-electron chi connectivity index (χ2n) is 7.07. The number of nitrogens with one attached hydrogen (secondary N) is 1. The third kappa shape index (κ3) is 6.20. The summed E-state index contributed by atoms with van der Waals surface area (Å²) in [5.74, 6) is 2.61. The molecule has 0 amide bonds. The summed E-state index contributed by atoms with van der Waals surface area (Å²) in [6.45, 7) is 11.0. The van der Waals surface area contributed by atoms with Crippen molar-refractivity contribution < 1.29 is 14.4 Å². The van der Waals surface area contributed by atoms with Crippen LogP contribution in [0.5, 0.6) is 11.5 Å². The topological polar surface area (TPSA) is 22.9 Å². The summed E-state index contributed by atoms with van der Waals surface area (Å²) < 4.78 is 11.3. The van der Waals surface area contributed by atoms with Crippen molar-refractivity contribution in [3.8, 4) is 11.5 Å². The Kier molecular flexibility index (Phi) is 8.17. The van der Waals surface area contributed by atoms with Crippen molar-refractivity contribution in [1.29, 1.82) is 0 Å². The zero-order chi connectivity index (χ0) is 17.2. The summed E-state index contributed by atoms with van der Waals surface area (Å²) in [5, 5.41) is 0. The smallest absolute Gasteiger partial charge is 0.161 e. The minimum absolute atomic E-state index is 0.767. The summed E-state index contributed by atoms with van der Waals surface area (Å²) in [4.78, 5) is 1.80. The first-order chi connectivity index (χ1) is 11.7. The van der Waals surface area contributed by atoms with E-state index in [0.29, 0.717) is 0 Å². The van der Waals surface area contributed by atoms with Crippen LogP contribution in [0.3, 0.4) is 0 Å². The molecule has 3 heteroatoms. The molecule has 134 valence electrons. The molecule has 2 rings (SSSR count). The minimum Gasteiger partial charge on any atom is -0.493 e. The molecule has 0 bridgehead atoms. The molecule has 1 aromatic rings. The Hall–Kier alpha value is -1.48. The zero-order valence-electron chi connectivity index (χ0n) is 15.5. The van der Waals surface area contributed by atoms with Gasteiger partial charge in [0.15, 0.2) is 11.5 Å². The van der Waals surface area contributed by atoms with E-state index >= 15 is 0 Å². The maximum Gasteiger partial charge on any atom is 0.161 e. The molecule has 0 saturated carbocycles. The molecule has 1 aliphatic heterocycles. The molecule has 0 spiro atoms. The first-order valence-electron chi connectivity index (χ1n) is 9.47. The molecule has 0 radical (unpaired) electrons. The first-order valence-corrected chi connectivity index (χ1v) is 9.47. The number of hydrogen-bond donors (Lipinski definition) is 1. The van der Waals surface area contributed by atoms with Gasteiger partial charge in [0, 0.05) is 0 Å². The van der Waals surface area contributed by atoms with E-state index in [1.54, 1.807) is 12.0 Å². The molecule has 1 saturated heterocycles. The SMILES string of the molecule is C=CCc1ccc(OCCCCC[NH+]2CCC(C)CC2)c(OC)c1. The van der Waals surface area contributed by atoms with Gasteiger partial charge in [-0.15, -0.1) is 6.58 Å². The summed E-state index contributed by atoms with van der Waals surface area (Å²) >= 11 is 0. The molecule has 0 unspecified atom stereocenters. The van der Waals surface area contributed by atoms with Crippen LogP contribution in [0, 0.1) is 5.92 Å². The van der Waals surface area contributed by atoms with Gasteiger partial charge in [-0.2, -0.15) is 0 Å². The van der Waals surface area contributed by atoms with Crippen LogP contribution < -0.4 is 14.4 Å². The lowest BCUT2D eigenvalue weighted by atomic mass is 9.99. The highest BCUT2D eigenvalue weighted by Gasteiger charge is 2.17. The van der Waals surface area contributed by atoms with Gasteiger partial charge in [0.25, 0.3) is 0 Å². The number of methoxy groups -OCH3 is 1. The summed E-state index contributed by atoms with van der Waals surface area (Å²) in [6, 6.07) is 6.13. The number of quaternary nitrogens is 1. The molecular formula is C21H34NO2+. The number of likely N-dealkylation sites (tertiary alicyclic amines) is 1. The quantitative estimate of drug-likeness (QED) is 0.525. The maximum atomic E-state index is 5.91. The van der Waals surface area contributed by atoms with Crippen LogP contribution in [0.2, 0.25) is 0 Å². The first kappa shape index (κ1) is 18.9. The van der Waals surface area contributed by atoms with E-state index < -0.39 is 0 Å². The molecule has 1 fully saturated rings. The Bertz CT molecular complexity index is 493. The van der Waals surface area contributed by atoms with Gasteiger partial charge in [-0.1, -0.05) is 19.1 Å². The van der Waals surface area contributed by atoms with Crippen LogP contribution in [-0.2, 0) is 6.42 Å². The van der Waals surface area contributed by atoms with Crippen LogP contribution in [0.25, 0.3) is 0 Å². The highest BCUT2D eigenvalue weighted by molar-refractivity contribution is 5.43. The number of rotatable bonds is 10. The molecule has 0 atom stereocenters. The Balaban J connectivity index is 1.62. The van der Waals surface area contributed by atoms with Gasteiger partial charge in [-0.3, -0.25) is 0 Å². The van der Waals surface area contributed by atoms with Crippen LogP contribution >= 0.6 is 0 Å². The van der Waals surface area contributed by atoms with E-state index in [2.05, 4.69) is 19.6 Å². The molecule has 0 aromatic heterocycles. The number of ether oxygens (including phenoxy) is 2. The van der Waals surface area contributed by atoms with E-state index in [1.165, 1.54) is 50.9 Å². The van der Waals surface area contributed by atoms with Crippen molar-refractivity contribution in [2.75, 3.05) is 33.4 Å². The summed E-state index contributed by atoms with van der Waals surface area (Å²) in [7, 11) is 1.70. The molecule has 24 heavy (non-hydrogen) atoms. The van der Waals surface area contributed by atoms with E-state index in [0.717, 1.165) is 36.9 Å². The average Bonchev–Trinajstić information content (AvgIpc) is 2.60. The summed E-state index contributed by atoms with van der Waals surface area (Å²) in [5.41, 5.74) is 1.20. The normalized spacial score (nSPS) is 20.6. The van der Waals surface area contributed by atoms with Crippen molar-refractivity contribution in [3.05, 3.63) is 36.4 Å². The standard InChI is InChI=1S/C21H33NO2/c1-4-8-19-9-10-20(21(17-19)23-3)24-16-7-5-6-13-22-14-11-18(2)12-15-22/h4,9-10,17-18H,1,5-8,11-16H2,2-3H3/p+1. The van der Waals surface area contributed by atoms with E-state index in [4.69, 9.17) is 9.47 Å². The van der Waals surface area contributed by atoms with Crippen LogP contribution in [-0.4, -0.2) is 33.4 Å². The molecule has 1 N–H and O–H groups in total. The number of hydrogen-bond acceptors (Lipinski definition) is 2. The van der Waals surface area contributed by atoms with E-state index in [9.17, 15) is 0 Å². The van der Waals surface area contributed by atoms with Crippen LogP contribution in [0.4, 0.5) is 0 Å². The second-order valence-corrected chi connectivity index (χ2v) is 7.07. The third-order valence-corrected chi connectivity index (χ3v) is 5.02. The fourth-order valence-corrected chi connectivity index (χ4v) is 3.38. The fourth-order valence-electron chi connectivity index (χ4n) is 3.38. The monoisotopic (exact) mass is 332 g/mol. The Morgan fingerprint density at radius 1 is 1.17 bits per heavy atom. The molecule has 1 aliphatic rings. The molecule has 1 aromatic carbocycles. The van der Waals surface area contributed by atoms with Crippen molar-refractivity contribution in [1.82, 2.24) is 0 Å². The molecule has 3 nitrogen and oxygen atoms in total. The van der Waals surface area contributed by atoms with Gasteiger partial charge in [0.2, 0.25) is 0 Å². The largest absolute Gasteiger partial charge is 0.493 e. The number of benzene rings is 1. The Morgan fingerprint density at radius 2 is 1.96 bits per heavy atom. The summed E-state index contributed by atoms with van der Waals surface area (Å²) in [6.07, 6.45) is 9.23. The minimum atomic E-state index is 0.767. The highest BCUT2D eigenvalue weighted by Crippen LogP contribution is 2.28. The highest BCUT2D eigenvalue weighted by atomic mass is 16.5. The maximum absolute atomic E-state index is 5.91. The van der Waals surface area contributed by atoms with Crippen molar-refractivity contribution in [2.45, 2.75) is 45.4 Å². The third-order valence-electron chi connectivity index (χ3n) is 5.02. The molecule has 1 heterocycles. The van der Waals surface area contributed by atoms with Crippen molar-refractivity contribution in [2.24, 2.45) is 5.92 Å². The van der Waals surface area contributed by atoms with Gasteiger partial charge in [-0.25, -0.2) is 0 Å². The van der Waals surface area contributed by atoms with Crippen molar-refractivity contribution >= 4 is 0 Å². The van der Waals surface area contributed by atoms with E-state index in [1.807, 2.05) is 18.2 Å². The predicted octanol–water partition coefficient (Wildman–Crippen LogP) is 3.29. The van der Waals surface area contributed by atoms with Gasteiger partial charge >= 0.3 is 0 Å². The average molecular weight is 333 g/mol. The predicted molar refractivity (Wildman–Crippen MR) is 100 cm³/mol. The van der Waals surface area contributed by atoms with Gasteiger partial charge in [0.1, 0.15) is 0 Å². The van der Waals surface area contributed by atoms with Crippen LogP contribution in [0.15, 0.2) is 30.9 Å². The van der Waals surface area contributed by atoms with E-state index in [-0.39, 0.29) is 0 Å². The number of unbranched alkanes of at least 4 members (excludes halogenated alkanes) is 2. The number of allylic oxidation sites excluding steroid dienone is 1. The van der Waals surface area contributed by atoms with Gasteiger partial charge < -0.3 is 14.4 Å². The second kappa shape index (κ2) is 10.4. The lowest BCUT2D eigenvalue weighted by Gasteiger charge is -2.27. The zero-order valence-corrected chi connectivity index (χ0v) is 15.5.